The molecule has 0 atom stereocenters. The van der Waals surface area contributed by atoms with Crippen LogP contribution in [0.3, 0.4) is 0 Å². The second-order valence-corrected chi connectivity index (χ2v) is 7.24. The van der Waals surface area contributed by atoms with E-state index >= 15 is 0 Å². The zero-order valence-corrected chi connectivity index (χ0v) is 16.6. The molecule has 1 aliphatic rings. The number of methoxy groups -OCH3 is 1. The maximum atomic E-state index is 14.5. The van der Waals surface area contributed by atoms with Gasteiger partial charge in [-0.3, -0.25) is 0 Å². The summed E-state index contributed by atoms with van der Waals surface area (Å²) in [6.07, 6.45) is -4.57. The van der Waals surface area contributed by atoms with Crippen molar-refractivity contribution >= 4 is 10.9 Å². The number of nitrogens with zero attached hydrogens (tertiary/aromatic N) is 1. The average Bonchev–Trinajstić information content (AvgIpc) is 3.35. The molecule has 0 radical (unpaired) electrons. The number of hydrogen-bond donors (Lipinski definition) is 0. The van der Waals surface area contributed by atoms with Crippen LogP contribution in [0.25, 0.3) is 22.0 Å². The molecule has 0 saturated carbocycles. The third-order valence-electron chi connectivity index (χ3n) is 5.39. The third kappa shape index (κ3) is 3.36. The second-order valence-electron chi connectivity index (χ2n) is 7.24. The van der Waals surface area contributed by atoms with Gasteiger partial charge in [0.25, 0.3) is 0 Å². The van der Waals surface area contributed by atoms with E-state index in [1.54, 1.807) is 36.4 Å². The van der Waals surface area contributed by atoms with Crippen molar-refractivity contribution in [1.82, 2.24) is 4.57 Å². The van der Waals surface area contributed by atoms with E-state index < -0.39 is 11.9 Å². The Balaban J connectivity index is 1.83. The first-order valence-electron chi connectivity index (χ1n) is 9.67. The predicted octanol–water partition coefficient (Wildman–Crippen LogP) is 6.11. The lowest BCUT2D eigenvalue weighted by atomic mass is 10.0. The molecule has 4 aromatic rings. The van der Waals surface area contributed by atoms with Crippen molar-refractivity contribution in [3.8, 4) is 28.4 Å². The first-order valence-corrected chi connectivity index (χ1v) is 9.67. The highest BCUT2D eigenvalue weighted by Crippen LogP contribution is 2.47. The molecule has 1 aliphatic heterocycles. The Labute approximate surface area is 176 Å². The smallest absolute Gasteiger partial charge is 0.432 e. The standard InChI is InChI=1S/C24H18F3NO3/c1-29-17-9-7-16(8-10-17)22-18-11-20-21(31-14-30-20)12-19(18)28(23(22)24(25,26)27)13-15-5-3-2-4-6-15/h2-12H,13-14H2,1H3. The highest BCUT2D eigenvalue weighted by Gasteiger charge is 2.40. The van der Waals surface area contributed by atoms with E-state index in [-0.39, 0.29) is 18.9 Å². The highest BCUT2D eigenvalue weighted by atomic mass is 19.4. The molecule has 0 fully saturated rings. The van der Waals surface area contributed by atoms with E-state index in [1.165, 1.54) is 11.7 Å². The van der Waals surface area contributed by atoms with Crippen molar-refractivity contribution in [3.63, 3.8) is 0 Å². The van der Waals surface area contributed by atoms with Gasteiger partial charge < -0.3 is 18.8 Å². The molecule has 0 N–H and O–H groups in total. The zero-order valence-electron chi connectivity index (χ0n) is 16.6. The number of hydrogen-bond acceptors (Lipinski definition) is 3. The van der Waals surface area contributed by atoms with Gasteiger partial charge in [-0.25, -0.2) is 0 Å². The van der Waals surface area contributed by atoms with E-state index in [9.17, 15) is 13.2 Å². The van der Waals surface area contributed by atoms with E-state index in [0.29, 0.717) is 33.7 Å². The molecule has 3 aromatic carbocycles. The summed E-state index contributed by atoms with van der Waals surface area (Å²) in [7, 11) is 1.52. The minimum Gasteiger partial charge on any atom is -0.497 e. The van der Waals surface area contributed by atoms with Gasteiger partial charge in [0.05, 0.1) is 12.6 Å². The SMILES string of the molecule is COc1ccc(-c2c(C(F)(F)F)n(Cc3ccccc3)c3cc4c(cc23)OCO4)cc1. The summed E-state index contributed by atoms with van der Waals surface area (Å²) in [5.41, 5.74) is 1.05. The van der Waals surface area contributed by atoms with Gasteiger partial charge >= 0.3 is 6.18 Å². The third-order valence-corrected chi connectivity index (χ3v) is 5.39. The molecule has 0 saturated heterocycles. The van der Waals surface area contributed by atoms with Gasteiger partial charge in [-0.05, 0) is 29.3 Å². The molecule has 5 rings (SSSR count). The molecule has 7 heteroatoms. The van der Waals surface area contributed by atoms with Crippen molar-refractivity contribution in [1.29, 1.82) is 0 Å². The first kappa shape index (κ1) is 19.4. The Morgan fingerprint density at radius 2 is 1.61 bits per heavy atom. The molecule has 1 aromatic heterocycles. The van der Waals surface area contributed by atoms with Crippen LogP contribution >= 0.6 is 0 Å². The van der Waals surface area contributed by atoms with E-state index in [0.717, 1.165) is 5.56 Å². The van der Waals surface area contributed by atoms with Crippen LogP contribution in [0.5, 0.6) is 17.2 Å². The molecule has 0 amide bonds. The Hall–Kier alpha value is -3.61. The van der Waals surface area contributed by atoms with Crippen LogP contribution in [0.2, 0.25) is 0 Å². The van der Waals surface area contributed by atoms with Crippen LogP contribution in [0, 0.1) is 0 Å². The van der Waals surface area contributed by atoms with Gasteiger partial charge in [0.2, 0.25) is 6.79 Å². The van der Waals surface area contributed by atoms with Crippen molar-refractivity contribution in [3.05, 3.63) is 78.0 Å². The van der Waals surface area contributed by atoms with Crippen LogP contribution in [0.1, 0.15) is 11.3 Å². The van der Waals surface area contributed by atoms with Gasteiger partial charge in [-0.15, -0.1) is 0 Å². The summed E-state index contributed by atoms with van der Waals surface area (Å²) in [6, 6.07) is 18.9. The van der Waals surface area contributed by atoms with E-state index in [2.05, 4.69) is 0 Å². The first-order chi connectivity index (χ1) is 15.0. The van der Waals surface area contributed by atoms with Crippen LogP contribution in [0.15, 0.2) is 66.7 Å². The predicted molar refractivity (Wildman–Crippen MR) is 111 cm³/mol. The molecule has 0 bridgehead atoms. The summed E-state index contributed by atoms with van der Waals surface area (Å²) in [5, 5.41) is 0.456. The number of benzene rings is 3. The van der Waals surface area contributed by atoms with Crippen LogP contribution in [-0.2, 0) is 12.7 Å². The molecule has 158 valence electrons. The quantitative estimate of drug-likeness (QED) is 0.395. The lowest BCUT2D eigenvalue weighted by molar-refractivity contribution is -0.142. The topological polar surface area (TPSA) is 32.6 Å². The second kappa shape index (κ2) is 7.27. The minimum absolute atomic E-state index is 0.0463. The largest absolute Gasteiger partial charge is 0.497 e. The maximum absolute atomic E-state index is 14.5. The Morgan fingerprint density at radius 1 is 0.935 bits per heavy atom. The summed E-state index contributed by atoms with van der Waals surface area (Å²) in [4.78, 5) is 0. The Morgan fingerprint density at radius 3 is 2.26 bits per heavy atom. The van der Waals surface area contributed by atoms with Crippen molar-refractivity contribution in [2.45, 2.75) is 12.7 Å². The Kier molecular flexibility index (Phi) is 4.54. The van der Waals surface area contributed by atoms with Gasteiger partial charge in [-0.1, -0.05) is 42.5 Å². The number of aromatic nitrogens is 1. The van der Waals surface area contributed by atoms with Crippen molar-refractivity contribution < 1.29 is 27.4 Å². The van der Waals surface area contributed by atoms with E-state index in [4.69, 9.17) is 14.2 Å². The summed E-state index contributed by atoms with van der Waals surface area (Å²) < 4.78 is 60.8. The minimum atomic E-state index is -4.57. The fraction of sp³-hybridized carbons (Fsp3) is 0.167. The lowest BCUT2D eigenvalue weighted by Gasteiger charge is -2.15. The van der Waals surface area contributed by atoms with Crippen molar-refractivity contribution in [2.75, 3.05) is 13.9 Å². The normalized spacial score (nSPS) is 13.0. The van der Waals surface area contributed by atoms with Crippen LogP contribution < -0.4 is 14.2 Å². The summed E-state index contributed by atoms with van der Waals surface area (Å²) in [6.45, 7) is 0.118. The van der Waals surface area contributed by atoms with Gasteiger partial charge in [0, 0.05) is 23.6 Å². The highest BCUT2D eigenvalue weighted by molar-refractivity contribution is 6.00. The van der Waals surface area contributed by atoms with Crippen molar-refractivity contribution in [2.24, 2.45) is 0 Å². The fourth-order valence-electron chi connectivity index (χ4n) is 4.01. The number of alkyl halides is 3. The van der Waals surface area contributed by atoms with Crippen LogP contribution in [-0.4, -0.2) is 18.5 Å². The molecule has 0 spiro atoms. The molecular formula is C24H18F3NO3. The zero-order chi connectivity index (χ0) is 21.6. The molecule has 0 unspecified atom stereocenters. The number of fused-ring (bicyclic) bond motifs is 2. The molecule has 2 heterocycles. The maximum Gasteiger partial charge on any atom is 0.432 e. The fourth-order valence-corrected chi connectivity index (χ4v) is 4.01. The lowest BCUT2D eigenvalue weighted by Crippen LogP contribution is -2.15. The number of rotatable bonds is 4. The molecular weight excluding hydrogens is 407 g/mol. The van der Waals surface area contributed by atoms with E-state index in [1.807, 2.05) is 30.3 Å². The van der Waals surface area contributed by atoms with Crippen LogP contribution in [0.4, 0.5) is 13.2 Å². The van der Waals surface area contributed by atoms with Gasteiger partial charge in [-0.2, -0.15) is 13.2 Å². The monoisotopic (exact) mass is 425 g/mol. The number of halogens is 3. The van der Waals surface area contributed by atoms with Gasteiger partial charge in [0.15, 0.2) is 11.5 Å². The Bertz CT molecular complexity index is 1250. The number of ether oxygens (including phenoxy) is 3. The average molecular weight is 425 g/mol. The molecule has 0 aliphatic carbocycles. The summed E-state index contributed by atoms with van der Waals surface area (Å²) in [5.74, 6) is 1.45. The summed E-state index contributed by atoms with van der Waals surface area (Å²) >= 11 is 0. The molecule has 4 nitrogen and oxygen atoms in total. The molecule has 31 heavy (non-hydrogen) atoms. The van der Waals surface area contributed by atoms with Gasteiger partial charge in [0.1, 0.15) is 11.4 Å².